The zero-order valence-electron chi connectivity index (χ0n) is 43.0. The van der Waals surface area contributed by atoms with Gasteiger partial charge in [0.1, 0.15) is 13.2 Å². The molecule has 0 aliphatic heterocycles. The Bertz CT molecular complexity index is 1180. The lowest BCUT2D eigenvalue weighted by molar-refractivity contribution is -0.167. The number of esters is 3. The first-order chi connectivity index (χ1) is 32.0. The molecule has 1 unspecified atom stereocenters. The van der Waals surface area contributed by atoms with Crippen molar-refractivity contribution in [3.63, 3.8) is 0 Å². The number of carbonyl (C=O) groups is 3. The molecule has 0 aromatic rings. The smallest absolute Gasteiger partial charge is 0.306 e. The third-order valence-corrected chi connectivity index (χ3v) is 12.1. The van der Waals surface area contributed by atoms with Crippen molar-refractivity contribution in [1.29, 1.82) is 0 Å². The van der Waals surface area contributed by atoms with Crippen molar-refractivity contribution in [2.45, 2.75) is 284 Å². The van der Waals surface area contributed by atoms with Gasteiger partial charge in [-0.05, 0) is 64.2 Å². The van der Waals surface area contributed by atoms with E-state index in [1.165, 1.54) is 154 Å². The van der Waals surface area contributed by atoms with Gasteiger partial charge in [0.15, 0.2) is 6.10 Å². The summed E-state index contributed by atoms with van der Waals surface area (Å²) in [6.45, 7) is 6.49. The predicted octanol–water partition coefficient (Wildman–Crippen LogP) is 18.4. The van der Waals surface area contributed by atoms with Gasteiger partial charge in [-0.2, -0.15) is 0 Å². The van der Waals surface area contributed by atoms with Gasteiger partial charge in [0.25, 0.3) is 0 Å². The molecule has 0 radical (unpaired) electrons. The SMILES string of the molecule is CC\C=C/C=C\C=C/C=C\CCCCCCCC(=O)OC(COC(=O)CCCCCCCCC/C=C\CCCCCC)COC(=O)CCCCCCCCCCCCCCCCCCC. The van der Waals surface area contributed by atoms with Crippen LogP contribution < -0.4 is 0 Å². The molecule has 6 nitrogen and oxygen atoms in total. The Labute approximate surface area is 402 Å². The van der Waals surface area contributed by atoms with E-state index in [4.69, 9.17) is 14.2 Å². The van der Waals surface area contributed by atoms with Gasteiger partial charge >= 0.3 is 17.9 Å². The standard InChI is InChI=1S/C59H104O6/c1-4-7-10-13-16-19-22-25-28-29-32-34-37-40-43-46-49-52-58(61)64-55-56(65-59(62)53-50-47-44-41-38-35-31-27-24-21-18-15-12-9-6-3)54-63-57(60)51-48-45-42-39-36-33-30-26-23-20-17-14-11-8-5-2/h9,12,15,18,20-21,23-24,27,31,56H,4-8,10-11,13-14,16-17,19,22,25-26,28-30,32-55H2,1-3H3/b12-9-,18-15-,23-20-,24-21-,31-27-. The van der Waals surface area contributed by atoms with Gasteiger partial charge in [-0.15, -0.1) is 0 Å². The molecule has 0 aliphatic carbocycles. The van der Waals surface area contributed by atoms with Crippen molar-refractivity contribution in [1.82, 2.24) is 0 Å². The van der Waals surface area contributed by atoms with Gasteiger partial charge in [0, 0.05) is 19.3 Å². The van der Waals surface area contributed by atoms with E-state index >= 15 is 0 Å². The minimum atomic E-state index is -0.786. The molecule has 0 amide bonds. The second kappa shape index (κ2) is 53.7. The topological polar surface area (TPSA) is 78.9 Å². The molecule has 376 valence electrons. The first-order valence-electron chi connectivity index (χ1n) is 27.8. The quantitative estimate of drug-likeness (QED) is 0.0199. The number of rotatable bonds is 50. The summed E-state index contributed by atoms with van der Waals surface area (Å²) in [7, 11) is 0. The average Bonchev–Trinajstić information content (AvgIpc) is 3.30. The van der Waals surface area contributed by atoms with Crippen LogP contribution in [0.5, 0.6) is 0 Å². The van der Waals surface area contributed by atoms with Crippen molar-refractivity contribution in [3.8, 4) is 0 Å². The molecule has 0 aromatic carbocycles. The second-order valence-corrected chi connectivity index (χ2v) is 18.6. The van der Waals surface area contributed by atoms with Crippen LogP contribution in [-0.2, 0) is 28.6 Å². The third kappa shape index (κ3) is 51.9. The van der Waals surface area contributed by atoms with Crippen LogP contribution in [0, 0.1) is 0 Å². The van der Waals surface area contributed by atoms with Crippen molar-refractivity contribution < 1.29 is 28.6 Å². The van der Waals surface area contributed by atoms with Gasteiger partial charge in [-0.3, -0.25) is 14.4 Å². The number of ether oxygens (including phenoxy) is 3. The Morgan fingerprint density at radius 1 is 0.323 bits per heavy atom. The van der Waals surface area contributed by atoms with E-state index in [0.717, 1.165) is 83.5 Å². The molecule has 0 spiro atoms. The molecule has 0 saturated heterocycles. The molecule has 0 N–H and O–H groups in total. The molecule has 0 aromatic heterocycles. The molecule has 0 aliphatic rings. The number of hydrogen-bond donors (Lipinski definition) is 0. The summed E-state index contributed by atoms with van der Waals surface area (Å²) in [4.78, 5) is 38.1. The fourth-order valence-electron chi connectivity index (χ4n) is 7.92. The maximum atomic E-state index is 12.8. The summed E-state index contributed by atoms with van der Waals surface area (Å²) in [6, 6.07) is 0. The molecular formula is C59H104O6. The summed E-state index contributed by atoms with van der Waals surface area (Å²) in [6.07, 6.45) is 66.3. The van der Waals surface area contributed by atoms with Crippen LogP contribution in [0.4, 0.5) is 0 Å². The zero-order chi connectivity index (χ0) is 47.2. The summed E-state index contributed by atoms with van der Waals surface area (Å²) in [5.74, 6) is -0.900. The maximum absolute atomic E-state index is 12.8. The Morgan fingerprint density at radius 3 is 1.00 bits per heavy atom. The van der Waals surface area contributed by atoms with Gasteiger partial charge in [0.2, 0.25) is 0 Å². The van der Waals surface area contributed by atoms with Crippen LogP contribution in [0.3, 0.4) is 0 Å². The highest BCUT2D eigenvalue weighted by atomic mass is 16.6. The molecule has 1 atom stereocenters. The van der Waals surface area contributed by atoms with E-state index in [9.17, 15) is 14.4 Å². The lowest BCUT2D eigenvalue weighted by atomic mass is 10.0. The van der Waals surface area contributed by atoms with Crippen LogP contribution in [0.1, 0.15) is 278 Å². The van der Waals surface area contributed by atoms with E-state index in [1.54, 1.807) is 0 Å². The van der Waals surface area contributed by atoms with Crippen LogP contribution in [-0.4, -0.2) is 37.2 Å². The van der Waals surface area contributed by atoms with Gasteiger partial charge in [0.05, 0.1) is 0 Å². The molecule has 6 heteroatoms. The van der Waals surface area contributed by atoms with Crippen LogP contribution in [0.2, 0.25) is 0 Å². The number of carbonyl (C=O) groups excluding carboxylic acids is 3. The van der Waals surface area contributed by atoms with Gasteiger partial charge < -0.3 is 14.2 Å². The highest BCUT2D eigenvalue weighted by molar-refractivity contribution is 5.71. The molecule has 0 saturated carbocycles. The van der Waals surface area contributed by atoms with Crippen molar-refractivity contribution >= 4 is 17.9 Å². The van der Waals surface area contributed by atoms with Crippen molar-refractivity contribution in [2.75, 3.05) is 13.2 Å². The summed E-state index contributed by atoms with van der Waals surface area (Å²) in [5, 5.41) is 0. The number of allylic oxidation sites excluding steroid dienone is 10. The number of unbranched alkanes of at least 4 members (excludes halogenated alkanes) is 32. The molecular weight excluding hydrogens is 805 g/mol. The average molecular weight is 909 g/mol. The first-order valence-corrected chi connectivity index (χ1v) is 27.8. The van der Waals surface area contributed by atoms with Crippen LogP contribution in [0.15, 0.2) is 60.8 Å². The van der Waals surface area contributed by atoms with E-state index in [0.29, 0.717) is 19.3 Å². The summed E-state index contributed by atoms with van der Waals surface area (Å²) >= 11 is 0. The van der Waals surface area contributed by atoms with E-state index in [1.807, 2.05) is 18.2 Å². The lowest BCUT2D eigenvalue weighted by Gasteiger charge is -2.18. The van der Waals surface area contributed by atoms with Crippen molar-refractivity contribution in [3.05, 3.63) is 60.8 Å². The third-order valence-electron chi connectivity index (χ3n) is 12.1. The van der Waals surface area contributed by atoms with Crippen LogP contribution in [0.25, 0.3) is 0 Å². The Morgan fingerprint density at radius 2 is 0.615 bits per heavy atom. The Kier molecular flexibility index (Phi) is 51.3. The molecule has 0 rings (SSSR count). The maximum Gasteiger partial charge on any atom is 0.306 e. The normalized spacial score (nSPS) is 12.5. The predicted molar refractivity (Wildman–Crippen MR) is 279 cm³/mol. The van der Waals surface area contributed by atoms with Crippen LogP contribution >= 0.6 is 0 Å². The van der Waals surface area contributed by atoms with Crippen molar-refractivity contribution in [2.24, 2.45) is 0 Å². The lowest BCUT2D eigenvalue weighted by Crippen LogP contribution is -2.30. The fraction of sp³-hybridized carbons (Fsp3) is 0.780. The highest BCUT2D eigenvalue weighted by Crippen LogP contribution is 2.16. The van der Waals surface area contributed by atoms with E-state index < -0.39 is 6.10 Å². The fourth-order valence-corrected chi connectivity index (χ4v) is 7.92. The van der Waals surface area contributed by atoms with Gasteiger partial charge in [-0.25, -0.2) is 0 Å². The molecule has 0 bridgehead atoms. The Balaban J connectivity index is 4.39. The summed E-state index contributed by atoms with van der Waals surface area (Å²) < 4.78 is 16.8. The Hall–Kier alpha value is -2.89. The summed E-state index contributed by atoms with van der Waals surface area (Å²) in [5.41, 5.74) is 0. The number of hydrogen-bond acceptors (Lipinski definition) is 6. The van der Waals surface area contributed by atoms with E-state index in [2.05, 4.69) is 63.3 Å². The molecule has 0 heterocycles. The molecule has 0 fully saturated rings. The highest BCUT2D eigenvalue weighted by Gasteiger charge is 2.19. The first kappa shape index (κ1) is 62.1. The second-order valence-electron chi connectivity index (χ2n) is 18.6. The zero-order valence-corrected chi connectivity index (χ0v) is 43.0. The largest absolute Gasteiger partial charge is 0.462 e. The van der Waals surface area contributed by atoms with Gasteiger partial charge in [-0.1, -0.05) is 255 Å². The monoisotopic (exact) mass is 909 g/mol. The van der Waals surface area contributed by atoms with E-state index in [-0.39, 0.29) is 31.1 Å². The minimum absolute atomic E-state index is 0.0829. The minimum Gasteiger partial charge on any atom is -0.462 e. The molecule has 65 heavy (non-hydrogen) atoms.